The summed E-state index contributed by atoms with van der Waals surface area (Å²) in [7, 11) is -3.31. The van der Waals surface area contributed by atoms with E-state index < -0.39 is 10.0 Å². The van der Waals surface area contributed by atoms with Gasteiger partial charge in [0, 0.05) is 17.1 Å². The molecule has 0 aliphatic heterocycles. The fourth-order valence-electron chi connectivity index (χ4n) is 1.69. The number of hydrogen-bond acceptors (Lipinski definition) is 5. The summed E-state index contributed by atoms with van der Waals surface area (Å²) < 4.78 is 31.5. The van der Waals surface area contributed by atoms with Crippen LogP contribution in [0.25, 0.3) is 0 Å². The lowest BCUT2D eigenvalue weighted by Gasteiger charge is -2.08. The monoisotopic (exact) mass is 326 g/mol. The minimum Gasteiger partial charge on any atom is -0.492 e. The second kappa shape index (κ2) is 7.44. The normalized spacial score (nSPS) is 11.4. The van der Waals surface area contributed by atoms with Gasteiger partial charge in [0.1, 0.15) is 12.4 Å². The second-order valence-electron chi connectivity index (χ2n) is 4.46. The van der Waals surface area contributed by atoms with Gasteiger partial charge in [0.25, 0.3) is 0 Å². The molecular weight excluding hydrogens is 308 g/mol. The van der Waals surface area contributed by atoms with Crippen LogP contribution in [0.4, 0.5) is 5.69 Å². The minimum atomic E-state index is -3.31. The smallest absolute Gasteiger partial charge is 0.214 e. The van der Waals surface area contributed by atoms with Crippen molar-refractivity contribution < 1.29 is 13.2 Å². The molecule has 3 N–H and O–H groups in total. The summed E-state index contributed by atoms with van der Waals surface area (Å²) in [6, 6.07) is 10.8. The van der Waals surface area contributed by atoms with Gasteiger partial charge in [0.2, 0.25) is 10.0 Å². The fraction of sp³-hybridized carbons (Fsp3) is 0.286. The summed E-state index contributed by atoms with van der Waals surface area (Å²) in [6.45, 7) is 0.517. The van der Waals surface area contributed by atoms with Crippen LogP contribution in [0.3, 0.4) is 0 Å². The maximum absolute atomic E-state index is 11.8. The van der Waals surface area contributed by atoms with E-state index in [2.05, 4.69) is 4.72 Å². The van der Waals surface area contributed by atoms with Gasteiger partial charge in [-0.25, -0.2) is 13.1 Å². The SMILES string of the molecule is Nc1ccc(OCCS(=O)(=O)NCCc2cccs2)cc1. The summed E-state index contributed by atoms with van der Waals surface area (Å²) in [5.74, 6) is 0.542. The zero-order chi connectivity index (χ0) is 15.1. The van der Waals surface area contributed by atoms with Crippen LogP contribution in [0, 0.1) is 0 Å². The van der Waals surface area contributed by atoms with Crippen molar-refractivity contribution in [3.8, 4) is 5.75 Å². The molecule has 1 heterocycles. The Morgan fingerprint density at radius 2 is 1.95 bits per heavy atom. The predicted molar refractivity (Wildman–Crippen MR) is 86.2 cm³/mol. The molecule has 0 radical (unpaired) electrons. The van der Waals surface area contributed by atoms with Crippen molar-refractivity contribution in [3.05, 3.63) is 46.7 Å². The highest BCUT2D eigenvalue weighted by atomic mass is 32.2. The molecule has 114 valence electrons. The van der Waals surface area contributed by atoms with Crippen LogP contribution in [0.1, 0.15) is 4.88 Å². The molecule has 0 bridgehead atoms. The maximum atomic E-state index is 11.8. The van der Waals surface area contributed by atoms with Crippen LogP contribution in [0.2, 0.25) is 0 Å². The molecule has 0 saturated carbocycles. The number of anilines is 1. The van der Waals surface area contributed by atoms with Crippen LogP contribution in [0.5, 0.6) is 5.75 Å². The van der Waals surface area contributed by atoms with E-state index in [9.17, 15) is 8.42 Å². The number of benzene rings is 1. The van der Waals surface area contributed by atoms with Gasteiger partial charge in [0.15, 0.2) is 0 Å². The molecule has 1 aromatic carbocycles. The second-order valence-corrected chi connectivity index (χ2v) is 7.42. The molecule has 5 nitrogen and oxygen atoms in total. The highest BCUT2D eigenvalue weighted by molar-refractivity contribution is 7.89. The number of rotatable bonds is 8. The highest BCUT2D eigenvalue weighted by Gasteiger charge is 2.10. The Bertz CT molecular complexity index is 637. The molecule has 2 aromatic rings. The topological polar surface area (TPSA) is 81.4 Å². The first-order valence-electron chi connectivity index (χ1n) is 6.53. The van der Waals surface area contributed by atoms with Gasteiger partial charge in [0.05, 0.1) is 5.75 Å². The van der Waals surface area contributed by atoms with Gasteiger partial charge < -0.3 is 10.5 Å². The molecule has 7 heteroatoms. The third-order valence-electron chi connectivity index (χ3n) is 2.77. The summed E-state index contributed by atoms with van der Waals surface area (Å²) >= 11 is 1.62. The molecule has 0 amide bonds. The maximum Gasteiger partial charge on any atom is 0.214 e. The summed E-state index contributed by atoms with van der Waals surface area (Å²) in [6.07, 6.45) is 0.704. The number of nitrogens with one attached hydrogen (secondary N) is 1. The minimum absolute atomic E-state index is 0.0676. The molecule has 0 aliphatic rings. The summed E-state index contributed by atoms with van der Waals surface area (Å²) in [4.78, 5) is 1.16. The van der Waals surface area contributed by atoms with Crippen molar-refractivity contribution in [1.29, 1.82) is 0 Å². The fourth-order valence-corrected chi connectivity index (χ4v) is 3.26. The van der Waals surface area contributed by atoms with Gasteiger partial charge in [-0.3, -0.25) is 0 Å². The lowest BCUT2D eigenvalue weighted by molar-refractivity contribution is 0.340. The Labute approximate surface area is 128 Å². The lowest BCUT2D eigenvalue weighted by Crippen LogP contribution is -2.30. The van der Waals surface area contributed by atoms with Gasteiger partial charge >= 0.3 is 0 Å². The molecule has 2 rings (SSSR count). The van der Waals surface area contributed by atoms with Crippen molar-refractivity contribution in [2.45, 2.75) is 6.42 Å². The van der Waals surface area contributed by atoms with E-state index in [-0.39, 0.29) is 12.4 Å². The van der Waals surface area contributed by atoms with Crippen LogP contribution < -0.4 is 15.2 Å². The number of sulfonamides is 1. The summed E-state index contributed by atoms with van der Waals surface area (Å²) in [5.41, 5.74) is 6.20. The zero-order valence-electron chi connectivity index (χ0n) is 11.5. The summed E-state index contributed by atoms with van der Waals surface area (Å²) in [5, 5.41) is 1.98. The Kier molecular flexibility index (Phi) is 5.60. The Morgan fingerprint density at radius 1 is 1.19 bits per heavy atom. The van der Waals surface area contributed by atoms with E-state index in [1.165, 1.54) is 0 Å². The molecule has 0 spiro atoms. The Morgan fingerprint density at radius 3 is 2.62 bits per heavy atom. The van der Waals surface area contributed by atoms with Crippen LogP contribution in [-0.2, 0) is 16.4 Å². The molecule has 0 unspecified atom stereocenters. The highest BCUT2D eigenvalue weighted by Crippen LogP contribution is 2.13. The molecule has 0 saturated heterocycles. The predicted octanol–water partition coefficient (Wildman–Crippen LogP) is 1.87. The standard InChI is InChI=1S/C14H18N2O3S2/c15-12-3-5-13(6-4-12)19-9-11-21(17,18)16-8-7-14-2-1-10-20-14/h1-6,10,16H,7-9,11,15H2. The number of ether oxygens (including phenoxy) is 1. The van der Waals surface area contributed by atoms with E-state index in [0.29, 0.717) is 24.4 Å². The quantitative estimate of drug-likeness (QED) is 0.726. The number of nitrogen functional groups attached to an aromatic ring is 1. The lowest BCUT2D eigenvalue weighted by atomic mass is 10.3. The number of nitrogens with two attached hydrogens (primary N) is 1. The third-order valence-corrected chi connectivity index (χ3v) is 5.06. The molecular formula is C14H18N2O3S2. The van der Waals surface area contributed by atoms with Crippen LogP contribution in [-0.4, -0.2) is 27.3 Å². The van der Waals surface area contributed by atoms with E-state index >= 15 is 0 Å². The first-order valence-corrected chi connectivity index (χ1v) is 9.06. The average molecular weight is 326 g/mol. The molecule has 1 aromatic heterocycles. The van der Waals surface area contributed by atoms with Gasteiger partial charge in [-0.1, -0.05) is 6.07 Å². The third kappa shape index (κ3) is 5.74. The van der Waals surface area contributed by atoms with E-state index in [4.69, 9.17) is 10.5 Å². The van der Waals surface area contributed by atoms with Crippen molar-refractivity contribution in [3.63, 3.8) is 0 Å². The van der Waals surface area contributed by atoms with Crippen molar-refractivity contribution in [2.24, 2.45) is 0 Å². The average Bonchev–Trinajstić information content (AvgIpc) is 2.94. The number of thiophene rings is 1. The largest absolute Gasteiger partial charge is 0.492 e. The molecule has 0 aliphatic carbocycles. The molecule has 21 heavy (non-hydrogen) atoms. The van der Waals surface area contributed by atoms with Gasteiger partial charge in [-0.05, 0) is 42.1 Å². The van der Waals surface area contributed by atoms with Gasteiger partial charge in [-0.15, -0.1) is 11.3 Å². The van der Waals surface area contributed by atoms with Crippen molar-refractivity contribution >= 4 is 27.0 Å². The van der Waals surface area contributed by atoms with E-state index in [1.807, 2.05) is 17.5 Å². The van der Waals surface area contributed by atoms with Crippen LogP contribution in [0.15, 0.2) is 41.8 Å². The van der Waals surface area contributed by atoms with Gasteiger partial charge in [-0.2, -0.15) is 0 Å². The van der Waals surface area contributed by atoms with Crippen molar-refractivity contribution in [2.75, 3.05) is 24.6 Å². The first kappa shape index (κ1) is 15.8. The number of hydrogen-bond donors (Lipinski definition) is 2. The Balaban J connectivity index is 1.69. The van der Waals surface area contributed by atoms with E-state index in [0.717, 1.165) is 4.88 Å². The molecule has 0 atom stereocenters. The van der Waals surface area contributed by atoms with Crippen molar-refractivity contribution in [1.82, 2.24) is 4.72 Å². The molecule has 0 fully saturated rings. The Hall–Kier alpha value is -1.57. The van der Waals surface area contributed by atoms with Crippen LogP contribution >= 0.6 is 11.3 Å². The van der Waals surface area contributed by atoms with E-state index in [1.54, 1.807) is 35.6 Å². The first-order chi connectivity index (χ1) is 10.1. The zero-order valence-corrected chi connectivity index (χ0v) is 13.1.